The Kier molecular flexibility index (Phi) is 7.29. The Morgan fingerprint density at radius 3 is 1.73 bits per heavy atom. The van der Waals surface area contributed by atoms with Crippen molar-refractivity contribution in [2.45, 2.75) is 0 Å². The second kappa shape index (κ2) is 12.6. The number of para-hydroxylation sites is 3. The highest BCUT2D eigenvalue weighted by atomic mass is 32.1. The van der Waals surface area contributed by atoms with Crippen molar-refractivity contribution in [3.63, 3.8) is 0 Å². The third-order valence-corrected chi connectivity index (χ3v) is 11.0. The van der Waals surface area contributed by atoms with Crippen LogP contribution in [0.25, 0.3) is 53.2 Å². The van der Waals surface area contributed by atoms with Gasteiger partial charge in [-0.3, -0.25) is 0 Å². The Morgan fingerprint density at radius 2 is 1.04 bits per heavy atom. The molecule has 0 aliphatic heterocycles. The first-order chi connectivity index (χ1) is 25.8. The fraction of sp³-hybridized carbons (Fsp3) is 0. The first kappa shape index (κ1) is 30.2. The summed E-state index contributed by atoms with van der Waals surface area (Å²) in [6.07, 6.45) is 1.50. The Morgan fingerprint density at radius 1 is 0.462 bits per heavy atom. The van der Waals surface area contributed by atoms with E-state index in [9.17, 15) is 0 Å². The van der Waals surface area contributed by atoms with Gasteiger partial charge in [-0.25, -0.2) is 4.98 Å². The summed E-state index contributed by atoms with van der Waals surface area (Å²) in [5, 5.41) is 5.04. The van der Waals surface area contributed by atoms with Gasteiger partial charge in [-0.1, -0.05) is 97.1 Å². The maximum Gasteiger partial charge on any atom is 0.181 e. The highest BCUT2D eigenvalue weighted by Gasteiger charge is 2.18. The minimum atomic E-state index is 0.777. The van der Waals surface area contributed by atoms with Crippen molar-refractivity contribution < 1.29 is 4.42 Å². The fourth-order valence-corrected chi connectivity index (χ4v) is 8.64. The van der Waals surface area contributed by atoms with E-state index in [4.69, 9.17) is 4.42 Å². The summed E-state index contributed by atoms with van der Waals surface area (Å²) in [5.74, 6) is 0. The Labute approximate surface area is 305 Å². The molecule has 4 nitrogen and oxygen atoms in total. The van der Waals surface area contributed by atoms with Gasteiger partial charge in [0.15, 0.2) is 12.0 Å². The van der Waals surface area contributed by atoms with Crippen molar-refractivity contribution in [2.75, 3.05) is 9.80 Å². The second-order valence-corrected chi connectivity index (χ2v) is 13.9. The maximum atomic E-state index is 5.54. The molecule has 0 bridgehead atoms. The second-order valence-electron chi connectivity index (χ2n) is 12.9. The predicted molar refractivity (Wildman–Crippen MR) is 219 cm³/mol. The smallest absolute Gasteiger partial charge is 0.181 e. The van der Waals surface area contributed by atoms with E-state index in [-0.39, 0.29) is 0 Å². The molecule has 10 rings (SSSR count). The van der Waals surface area contributed by atoms with E-state index in [1.807, 2.05) is 23.5 Å². The summed E-state index contributed by atoms with van der Waals surface area (Å²) < 4.78 is 8.13. The standard InChI is InChI=1S/C47H31N3OS/c1-4-11-34(12-5-1)49(35-13-6-2-7-14-35)37-22-19-32(20-23-37)40-17-10-18-45-46(40)42-26-21-33-29-38(24-27-41(33)47(42)52-45)50(36-15-8-3-9-16-36)39-25-28-44-43(30-39)48-31-51-44/h1-31H. The van der Waals surface area contributed by atoms with Crippen molar-refractivity contribution in [2.24, 2.45) is 0 Å². The first-order valence-electron chi connectivity index (χ1n) is 17.4. The number of thiophene rings is 1. The largest absolute Gasteiger partial charge is 0.443 e. The normalized spacial score (nSPS) is 11.5. The van der Waals surface area contributed by atoms with Gasteiger partial charge in [-0.15, -0.1) is 11.3 Å². The molecule has 0 aliphatic carbocycles. The van der Waals surface area contributed by atoms with E-state index in [1.54, 1.807) is 0 Å². The molecule has 52 heavy (non-hydrogen) atoms. The zero-order chi connectivity index (χ0) is 34.4. The predicted octanol–water partition coefficient (Wildman–Crippen LogP) is 14.0. The van der Waals surface area contributed by atoms with Crippen molar-refractivity contribution in [3.05, 3.63) is 188 Å². The molecule has 0 fully saturated rings. The van der Waals surface area contributed by atoms with Crippen LogP contribution in [0.1, 0.15) is 0 Å². The van der Waals surface area contributed by atoms with E-state index in [1.165, 1.54) is 48.5 Å². The van der Waals surface area contributed by atoms with Gasteiger partial charge in [0.25, 0.3) is 0 Å². The third kappa shape index (κ3) is 5.18. The van der Waals surface area contributed by atoms with Crippen LogP contribution in [0, 0.1) is 0 Å². The number of rotatable bonds is 7. The summed E-state index contributed by atoms with van der Waals surface area (Å²) in [6.45, 7) is 0. The van der Waals surface area contributed by atoms with Crippen LogP contribution >= 0.6 is 11.3 Å². The summed E-state index contributed by atoms with van der Waals surface area (Å²) in [6, 6.07) is 64.8. The molecule has 5 heteroatoms. The highest BCUT2D eigenvalue weighted by Crippen LogP contribution is 2.45. The van der Waals surface area contributed by atoms with Crippen molar-refractivity contribution in [1.29, 1.82) is 0 Å². The lowest BCUT2D eigenvalue weighted by atomic mass is 9.97. The van der Waals surface area contributed by atoms with Gasteiger partial charge in [-0.05, 0) is 107 Å². The minimum absolute atomic E-state index is 0.777. The quantitative estimate of drug-likeness (QED) is 0.167. The molecule has 0 spiro atoms. The lowest BCUT2D eigenvalue weighted by Gasteiger charge is -2.25. The van der Waals surface area contributed by atoms with Gasteiger partial charge >= 0.3 is 0 Å². The lowest BCUT2D eigenvalue weighted by Crippen LogP contribution is -2.09. The van der Waals surface area contributed by atoms with Crippen molar-refractivity contribution >= 4 is 87.5 Å². The highest BCUT2D eigenvalue weighted by molar-refractivity contribution is 7.26. The lowest BCUT2D eigenvalue weighted by molar-refractivity contribution is 0.602. The molecule has 10 aromatic rings. The number of nitrogens with zero attached hydrogens (tertiary/aromatic N) is 3. The zero-order valence-electron chi connectivity index (χ0n) is 28.1. The van der Waals surface area contributed by atoms with Crippen LogP contribution in [0.15, 0.2) is 193 Å². The van der Waals surface area contributed by atoms with E-state index in [0.29, 0.717) is 0 Å². The summed E-state index contributed by atoms with van der Waals surface area (Å²) in [7, 11) is 0. The van der Waals surface area contributed by atoms with Gasteiger partial charge in [0.05, 0.1) is 0 Å². The van der Waals surface area contributed by atoms with E-state index < -0.39 is 0 Å². The van der Waals surface area contributed by atoms with E-state index in [0.717, 1.165) is 45.2 Å². The molecule has 0 aliphatic rings. The van der Waals surface area contributed by atoms with Crippen molar-refractivity contribution in [3.8, 4) is 11.1 Å². The molecule has 0 atom stereocenters. The molecule has 0 saturated heterocycles. The number of hydrogen-bond acceptors (Lipinski definition) is 5. The van der Waals surface area contributed by atoms with Gasteiger partial charge in [-0.2, -0.15) is 0 Å². The molecule has 8 aromatic carbocycles. The van der Waals surface area contributed by atoms with Gasteiger partial charge in [0.1, 0.15) is 5.52 Å². The Bertz CT molecular complexity index is 2810. The molecule has 0 saturated carbocycles. The molecule has 0 amide bonds. The van der Waals surface area contributed by atoms with Crippen LogP contribution in [0.5, 0.6) is 0 Å². The van der Waals surface area contributed by atoms with Crippen LogP contribution in [-0.2, 0) is 0 Å². The minimum Gasteiger partial charge on any atom is -0.443 e. The number of fused-ring (bicyclic) bond motifs is 6. The van der Waals surface area contributed by atoms with Gasteiger partial charge < -0.3 is 14.2 Å². The number of hydrogen-bond donors (Lipinski definition) is 0. The topological polar surface area (TPSA) is 32.5 Å². The molecule has 0 N–H and O–H groups in total. The summed E-state index contributed by atoms with van der Waals surface area (Å²) >= 11 is 1.87. The number of anilines is 6. The number of benzene rings is 8. The monoisotopic (exact) mass is 685 g/mol. The molecule has 0 radical (unpaired) electrons. The third-order valence-electron chi connectivity index (χ3n) is 9.77. The summed E-state index contributed by atoms with van der Waals surface area (Å²) in [5.41, 5.74) is 10.6. The average molecular weight is 686 g/mol. The number of oxazole rings is 1. The van der Waals surface area contributed by atoms with Crippen LogP contribution < -0.4 is 9.80 Å². The van der Waals surface area contributed by atoms with E-state index in [2.05, 4.69) is 185 Å². The van der Waals surface area contributed by atoms with Crippen molar-refractivity contribution in [1.82, 2.24) is 4.98 Å². The molecule has 0 unspecified atom stereocenters. The zero-order valence-corrected chi connectivity index (χ0v) is 28.9. The first-order valence-corrected chi connectivity index (χ1v) is 18.2. The molecule has 2 heterocycles. The fourth-order valence-electron chi connectivity index (χ4n) is 7.38. The average Bonchev–Trinajstić information content (AvgIpc) is 3.84. The molecular formula is C47H31N3OS. The van der Waals surface area contributed by atoms with Crippen LogP contribution in [0.3, 0.4) is 0 Å². The van der Waals surface area contributed by atoms with Crippen LogP contribution in [0.4, 0.5) is 34.1 Å². The van der Waals surface area contributed by atoms with Gasteiger partial charge in [0, 0.05) is 54.3 Å². The number of aromatic nitrogens is 1. The van der Waals surface area contributed by atoms with Crippen LogP contribution in [0.2, 0.25) is 0 Å². The molecule has 246 valence electrons. The summed E-state index contributed by atoms with van der Waals surface area (Å²) in [4.78, 5) is 9.01. The Balaban J connectivity index is 1.06. The Hall–Kier alpha value is -6.69. The van der Waals surface area contributed by atoms with Gasteiger partial charge in [0.2, 0.25) is 0 Å². The molecule has 2 aromatic heterocycles. The maximum absolute atomic E-state index is 5.54. The molecular weight excluding hydrogens is 655 g/mol. The SMILES string of the molecule is c1ccc(N(c2ccccc2)c2ccc(-c3cccc4sc5c6ccc(N(c7ccccc7)c7ccc8ocnc8c7)cc6ccc5c34)cc2)cc1. The van der Waals surface area contributed by atoms with Crippen LogP contribution in [-0.4, -0.2) is 4.98 Å². The van der Waals surface area contributed by atoms with E-state index >= 15 is 0 Å².